The molecule has 1 saturated heterocycles. The zero-order chi connectivity index (χ0) is 19.6. The monoisotopic (exact) mass is 381 g/mol. The first-order valence-corrected chi connectivity index (χ1v) is 10.1. The number of piperidine rings is 1. The van der Waals surface area contributed by atoms with Gasteiger partial charge in [0.15, 0.2) is 0 Å². The lowest BCUT2D eigenvalue weighted by molar-refractivity contribution is 0.475. The van der Waals surface area contributed by atoms with Gasteiger partial charge in [-0.15, -0.1) is 0 Å². The maximum Gasteiger partial charge on any atom is 0.147 e. The van der Waals surface area contributed by atoms with Gasteiger partial charge in [0.1, 0.15) is 11.6 Å². The normalized spacial score (nSPS) is 15.0. The van der Waals surface area contributed by atoms with Crippen LogP contribution in [0.1, 0.15) is 24.3 Å². The van der Waals surface area contributed by atoms with Crippen molar-refractivity contribution >= 4 is 16.9 Å². The Hall–Kier alpha value is -3.40. The minimum absolute atomic E-state index is 0.274. The molecule has 4 heteroatoms. The summed E-state index contributed by atoms with van der Waals surface area (Å²) in [6, 6.07) is 24.2. The molecule has 4 nitrogen and oxygen atoms in total. The molecule has 1 aliphatic heterocycles. The van der Waals surface area contributed by atoms with E-state index >= 15 is 0 Å². The van der Waals surface area contributed by atoms with Gasteiger partial charge in [-0.05, 0) is 59.7 Å². The highest BCUT2D eigenvalue weighted by atomic mass is 16.3. The first-order chi connectivity index (χ1) is 14.3. The molecule has 3 aromatic carbocycles. The number of aromatic nitrogens is 2. The minimum atomic E-state index is 0.274. The van der Waals surface area contributed by atoms with Gasteiger partial charge in [0.25, 0.3) is 0 Å². The van der Waals surface area contributed by atoms with Crippen molar-refractivity contribution in [3.8, 4) is 16.9 Å². The molecular formula is C25H23N3O. The van der Waals surface area contributed by atoms with E-state index in [2.05, 4.69) is 52.3 Å². The van der Waals surface area contributed by atoms with Crippen molar-refractivity contribution < 1.29 is 5.11 Å². The second-order valence-electron chi connectivity index (χ2n) is 7.65. The van der Waals surface area contributed by atoms with E-state index < -0.39 is 0 Å². The van der Waals surface area contributed by atoms with Crippen molar-refractivity contribution in [3.05, 3.63) is 84.6 Å². The highest BCUT2D eigenvalue weighted by molar-refractivity contribution is 5.82. The molecule has 0 atom stereocenters. The molecule has 2 heterocycles. The summed E-state index contributed by atoms with van der Waals surface area (Å²) in [5.74, 6) is 1.85. The predicted molar refractivity (Wildman–Crippen MR) is 117 cm³/mol. The molecule has 0 aliphatic carbocycles. The zero-order valence-corrected chi connectivity index (χ0v) is 16.2. The summed E-state index contributed by atoms with van der Waals surface area (Å²) in [6.45, 7) is 1.99. The van der Waals surface area contributed by atoms with E-state index in [1.54, 1.807) is 12.1 Å². The summed E-state index contributed by atoms with van der Waals surface area (Å²) in [6.07, 6.45) is 4.17. The lowest BCUT2D eigenvalue weighted by Gasteiger charge is -2.33. The quantitative estimate of drug-likeness (QED) is 0.517. The van der Waals surface area contributed by atoms with Crippen LogP contribution in [0.15, 0.2) is 79.0 Å². The number of nitrogens with zero attached hydrogens (tertiary/aromatic N) is 3. The van der Waals surface area contributed by atoms with Crippen molar-refractivity contribution in [2.45, 2.75) is 18.8 Å². The summed E-state index contributed by atoms with van der Waals surface area (Å²) in [7, 11) is 0. The molecule has 5 rings (SSSR count). The van der Waals surface area contributed by atoms with E-state index in [0.29, 0.717) is 5.92 Å². The highest BCUT2D eigenvalue weighted by Gasteiger charge is 2.21. The second kappa shape index (κ2) is 7.55. The maximum atomic E-state index is 9.52. The number of phenolic OH excluding ortho intramolecular Hbond substituents is 1. The van der Waals surface area contributed by atoms with E-state index in [-0.39, 0.29) is 5.75 Å². The molecule has 1 N–H and O–H groups in total. The topological polar surface area (TPSA) is 49.3 Å². The van der Waals surface area contributed by atoms with Crippen LogP contribution >= 0.6 is 0 Å². The zero-order valence-electron chi connectivity index (χ0n) is 16.2. The standard InChI is InChI=1S/C25H23N3O/c29-22-9-6-19(7-10-22)21-8-11-23-24(16-21)27-25(17-26-23)28-14-12-20(13-15-28)18-4-2-1-3-5-18/h1-11,16-17,20,29H,12-15H2. The molecule has 4 aromatic rings. The lowest BCUT2D eigenvalue weighted by Crippen LogP contribution is -2.33. The van der Waals surface area contributed by atoms with Crippen LogP contribution in [0.5, 0.6) is 5.75 Å². The van der Waals surface area contributed by atoms with Crippen LogP contribution in [0.4, 0.5) is 5.82 Å². The molecule has 29 heavy (non-hydrogen) atoms. The van der Waals surface area contributed by atoms with Crippen LogP contribution in [-0.2, 0) is 0 Å². The Bertz CT molecular complexity index is 1120. The van der Waals surface area contributed by atoms with Gasteiger partial charge < -0.3 is 10.0 Å². The molecule has 144 valence electrons. The first kappa shape index (κ1) is 17.7. The molecule has 1 aliphatic rings. The van der Waals surface area contributed by atoms with E-state index in [4.69, 9.17) is 4.98 Å². The van der Waals surface area contributed by atoms with Gasteiger partial charge in [-0.1, -0.05) is 48.5 Å². The molecule has 0 saturated carbocycles. The molecule has 0 bridgehead atoms. The van der Waals surface area contributed by atoms with Crippen LogP contribution in [0, 0.1) is 0 Å². The number of rotatable bonds is 3. The van der Waals surface area contributed by atoms with Crippen molar-refractivity contribution in [3.63, 3.8) is 0 Å². The summed E-state index contributed by atoms with van der Waals surface area (Å²) < 4.78 is 0. The third kappa shape index (κ3) is 3.66. The average molecular weight is 381 g/mol. The third-order valence-corrected chi connectivity index (χ3v) is 5.82. The molecule has 0 unspecified atom stereocenters. The fourth-order valence-electron chi connectivity index (χ4n) is 4.15. The molecular weight excluding hydrogens is 358 g/mol. The number of fused-ring (bicyclic) bond motifs is 1. The summed E-state index contributed by atoms with van der Waals surface area (Å²) in [5.41, 5.74) is 5.37. The van der Waals surface area contributed by atoms with Crippen molar-refractivity contribution in [2.24, 2.45) is 0 Å². The minimum Gasteiger partial charge on any atom is -0.508 e. The number of benzene rings is 3. The second-order valence-corrected chi connectivity index (χ2v) is 7.65. The Kier molecular flexibility index (Phi) is 4.60. The smallest absolute Gasteiger partial charge is 0.147 e. The fraction of sp³-hybridized carbons (Fsp3) is 0.200. The predicted octanol–water partition coefficient (Wildman–Crippen LogP) is 5.39. The Morgan fingerprint density at radius 1 is 0.793 bits per heavy atom. The number of aromatic hydroxyl groups is 1. The van der Waals surface area contributed by atoms with Gasteiger partial charge in [-0.25, -0.2) is 4.98 Å². The summed E-state index contributed by atoms with van der Waals surface area (Å²) in [5, 5.41) is 9.52. The van der Waals surface area contributed by atoms with E-state index in [1.807, 2.05) is 24.4 Å². The van der Waals surface area contributed by atoms with Gasteiger partial charge in [0, 0.05) is 13.1 Å². The maximum absolute atomic E-state index is 9.52. The van der Waals surface area contributed by atoms with E-state index in [9.17, 15) is 5.11 Å². The van der Waals surface area contributed by atoms with E-state index in [1.165, 1.54) is 5.56 Å². The molecule has 1 aromatic heterocycles. The Morgan fingerprint density at radius 2 is 1.52 bits per heavy atom. The largest absolute Gasteiger partial charge is 0.508 e. The Balaban J connectivity index is 1.37. The van der Waals surface area contributed by atoms with Gasteiger partial charge in [0.2, 0.25) is 0 Å². The van der Waals surface area contributed by atoms with Crippen molar-refractivity contribution in [1.29, 1.82) is 0 Å². The van der Waals surface area contributed by atoms with Gasteiger partial charge in [-0.3, -0.25) is 4.98 Å². The van der Waals surface area contributed by atoms with Crippen LogP contribution < -0.4 is 4.90 Å². The number of hydrogen-bond donors (Lipinski definition) is 1. The lowest BCUT2D eigenvalue weighted by atomic mass is 9.89. The van der Waals surface area contributed by atoms with Crippen molar-refractivity contribution in [1.82, 2.24) is 9.97 Å². The fourth-order valence-corrected chi connectivity index (χ4v) is 4.15. The first-order valence-electron chi connectivity index (χ1n) is 10.1. The summed E-state index contributed by atoms with van der Waals surface area (Å²) >= 11 is 0. The van der Waals surface area contributed by atoms with Gasteiger partial charge >= 0.3 is 0 Å². The number of anilines is 1. The molecule has 0 radical (unpaired) electrons. The Labute approximate surface area is 170 Å². The Morgan fingerprint density at radius 3 is 2.28 bits per heavy atom. The van der Waals surface area contributed by atoms with E-state index in [0.717, 1.165) is 53.9 Å². The highest BCUT2D eigenvalue weighted by Crippen LogP contribution is 2.30. The molecule has 0 amide bonds. The van der Waals surface area contributed by atoms with Crippen LogP contribution in [-0.4, -0.2) is 28.2 Å². The molecule has 0 spiro atoms. The number of phenols is 1. The van der Waals surface area contributed by atoms with Crippen LogP contribution in [0.3, 0.4) is 0 Å². The van der Waals surface area contributed by atoms with Gasteiger partial charge in [0.05, 0.1) is 17.2 Å². The van der Waals surface area contributed by atoms with Crippen molar-refractivity contribution in [2.75, 3.05) is 18.0 Å². The number of hydrogen-bond acceptors (Lipinski definition) is 4. The average Bonchev–Trinajstić information content (AvgIpc) is 2.79. The molecule has 1 fully saturated rings. The van der Waals surface area contributed by atoms with Crippen LogP contribution in [0.2, 0.25) is 0 Å². The summed E-state index contributed by atoms with van der Waals surface area (Å²) in [4.78, 5) is 11.9. The van der Waals surface area contributed by atoms with Gasteiger partial charge in [-0.2, -0.15) is 0 Å². The third-order valence-electron chi connectivity index (χ3n) is 5.82. The van der Waals surface area contributed by atoms with Crippen LogP contribution in [0.25, 0.3) is 22.2 Å². The SMILES string of the molecule is Oc1ccc(-c2ccc3ncc(N4CCC(c5ccccc5)CC4)nc3c2)cc1.